The molecule has 0 atom stereocenters. The number of ketones is 1. The number of hydrogen-bond acceptors (Lipinski definition) is 7. The summed E-state index contributed by atoms with van der Waals surface area (Å²) >= 11 is 5.76. The van der Waals surface area contributed by atoms with Crippen LogP contribution in [0.25, 0.3) is 0 Å². The van der Waals surface area contributed by atoms with E-state index in [1.54, 1.807) is 13.0 Å². The van der Waals surface area contributed by atoms with Gasteiger partial charge in [0.15, 0.2) is 0 Å². The summed E-state index contributed by atoms with van der Waals surface area (Å²) in [4.78, 5) is 47.5. The third kappa shape index (κ3) is 20.7. The molecular weight excluding hydrogens is 812 g/mol. The summed E-state index contributed by atoms with van der Waals surface area (Å²) in [6.45, 7) is 16.5. The summed E-state index contributed by atoms with van der Waals surface area (Å²) in [6, 6.07) is 9.25. The van der Waals surface area contributed by atoms with Gasteiger partial charge in [-0.15, -0.1) is 0 Å². The largest absolute Gasteiger partial charge is 0.497 e. The maximum absolute atomic E-state index is 13.3. The summed E-state index contributed by atoms with van der Waals surface area (Å²) in [5, 5.41) is 12.5. The molecule has 2 aromatic rings. The van der Waals surface area contributed by atoms with Gasteiger partial charge in [0.1, 0.15) is 23.2 Å². The van der Waals surface area contributed by atoms with Gasteiger partial charge in [-0.25, -0.2) is 8.78 Å². The van der Waals surface area contributed by atoms with Crippen molar-refractivity contribution in [3.8, 4) is 5.75 Å². The van der Waals surface area contributed by atoms with Crippen LogP contribution in [0.1, 0.15) is 147 Å². The predicted octanol–water partition coefficient (Wildman–Crippen LogP) is 9.59. The van der Waals surface area contributed by atoms with Crippen LogP contribution in [0.15, 0.2) is 36.4 Å². The standard InChI is InChI=1S/C17H22ClFN2O2.C16H29N3O2.C8H9FO.C6H12.C2H6/c1-11(22)9-20-16-4-2-12(3-5-16)10-21-17(23)13-6-14(18)8-15(19)7-13;1-16(8-3-9-16)19(2)15(21)11-18-14-6-4-13(5-7-14)10-17-12-20;1-6-3-7(9)5-8(4-6)10-2;1-6(2)4-3-5-6;1-2/h6-8,12,16,20H,2-5,9-10H2,1H3,(H,21,23);12-14,18H,3-11H2,1-2H3,(H,17,20);3-5H,1-2H3;3-5H2,1-2H3;1-2H3. The van der Waals surface area contributed by atoms with E-state index in [2.05, 4.69) is 42.0 Å². The number of Topliss-reactive ketones (excluding diaryl/α,β-unsaturated/α-hetero) is 1. The van der Waals surface area contributed by atoms with E-state index in [4.69, 9.17) is 16.3 Å². The maximum Gasteiger partial charge on any atom is 0.251 e. The Morgan fingerprint density at radius 3 is 1.74 bits per heavy atom. The van der Waals surface area contributed by atoms with Gasteiger partial charge in [0, 0.05) is 54.4 Å². The molecule has 4 saturated carbocycles. The summed E-state index contributed by atoms with van der Waals surface area (Å²) in [5.41, 5.74) is 1.93. The zero-order valence-electron chi connectivity index (χ0n) is 39.2. The fraction of sp³-hybridized carbons (Fsp3) is 0.673. The number of hydrogen-bond donors (Lipinski definition) is 4. The fourth-order valence-electron chi connectivity index (χ4n) is 8.05. The molecule has 2 aromatic carbocycles. The third-order valence-corrected chi connectivity index (χ3v) is 12.8. The van der Waals surface area contributed by atoms with Crippen molar-refractivity contribution in [2.45, 2.75) is 156 Å². The van der Waals surface area contributed by atoms with Crippen molar-refractivity contribution in [3.63, 3.8) is 0 Å². The molecule has 3 amide bonds. The lowest BCUT2D eigenvalue weighted by atomic mass is 9.72. The van der Waals surface area contributed by atoms with Crippen LogP contribution in [0.5, 0.6) is 5.75 Å². The van der Waals surface area contributed by atoms with Crippen LogP contribution >= 0.6 is 11.6 Å². The molecule has 0 unspecified atom stereocenters. The molecule has 10 nitrogen and oxygen atoms in total. The van der Waals surface area contributed by atoms with Crippen LogP contribution in [0, 0.1) is 35.8 Å². The number of amides is 3. The molecule has 0 aromatic heterocycles. The fourth-order valence-corrected chi connectivity index (χ4v) is 8.27. The van der Waals surface area contributed by atoms with Crippen LogP contribution < -0.4 is 26.0 Å². The molecule has 0 aliphatic heterocycles. The molecule has 4 aliphatic carbocycles. The molecule has 0 spiro atoms. The highest BCUT2D eigenvalue weighted by Gasteiger charge is 2.38. The number of methoxy groups -OCH3 is 1. The normalized spacial score (nSPS) is 21.5. The van der Waals surface area contributed by atoms with E-state index in [-0.39, 0.29) is 39.5 Å². The first-order valence-corrected chi connectivity index (χ1v) is 23.2. The van der Waals surface area contributed by atoms with Gasteiger partial charge in [-0.3, -0.25) is 19.2 Å². The topological polar surface area (TPSA) is 129 Å². The Balaban J connectivity index is 0.000000308. The molecule has 350 valence electrons. The second kappa shape index (κ2) is 28.2. The predicted molar refractivity (Wildman–Crippen MR) is 248 cm³/mol. The number of aryl methyl sites for hydroxylation is 1. The van der Waals surface area contributed by atoms with Crippen molar-refractivity contribution in [1.82, 2.24) is 26.2 Å². The van der Waals surface area contributed by atoms with Gasteiger partial charge in [0.25, 0.3) is 5.91 Å². The van der Waals surface area contributed by atoms with E-state index in [0.717, 1.165) is 88.1 Å². The lowest BCUT2D eigenvalue weighted by Crippen LogP contribution is -2.54. The molecule has 0 bridgehead atoms. The highest BCUT2D eigenvalue weighted by molar-refractivity contribution is 6.31. The molecule has 4 fully saturated rings. The number of ether oxygens (including phenoxy) is 1. The Hall–Kier alpha value is -3.61. The zero-order chi connectivity index (χ0) is 46.3. The Morgan fingerprint density at radius 1 is 0.790 bits per heavy atom. The van der Waals surface area contributed by atoms with E-state index in [1.165, 1.54) is 63.1 Å². The Kier molecular flexibility index (Phi) is 24.8. The molecule has 6 rings (SSSR count). The molecule has 0 saturated heterocycles. The lowest BCUT2D eigenvalue weighted by molar-refractivity contribution is -0.137. The smallest absolute Gasteiger partial charge is 0.251 e. The minimum Gasteiger partial charge on any atom is -0.497 e. The maximum atomic E-state index is 13.3. The Morgan fingerprint density at radius 2 is 1.31 bits per heavy atom. The summed E-state index contributed by atoms with van der Waals surface area (Å²) in [5.74, 6) is 0.867. The number of rotatable bonds is 14. The molecular formula is C49H78ClF2N5O5. The van der Waals surface area contributed by atoms with Gasteiger partial charge in [-0.1, -0.05) is 45.7 Å². The van der Waals surface area contributed by atoms with Crippen molar-refractivity contribution in [1.29, 1.82) is 0 Å². The number of nitrogens with one attached hydrogen (secondary N) is 4. The first-order chi connectivity index (χ1) is 29.4. The second-order valence-corrected chi connectivity index (χ2v) is 18.7. The molecule has 62 heavy (non-hydrogen) atoms. The van der Waals surface area contributed by atoms with Crippen LogP contribution in [-0.4, -0.2) is 86.9 Å². The second-order valence-electron chi connectivity index (χ2n) is 18.3. The number of benzene rings is 2. The Bertz CT molecular complexity index is 1610. The van der Waals surface area contributed by atoms with Crippen molar-refractivity contribution < 1.29 is 32.7 Å². The quantitative estimate of drug-likeness (QED) is 0.139. The minimum atomic E-state index is -0.514. The zero-order valence-corrected chi connectivity index (χ0v) is 40.0. The monoisotopic (exact) mass is 890 g/mol. The number of carbonyl (C=O) groups excluding carboxylic acids is 4. The lowest BCUT2D eigenvalue weighted by Gasteiger charge is -2.46. The number of nitrogens with zero attached hydrogens (tertiary/aromatic N) is 1. The summed E-state index contributed by atoms with van der Waals surface area (Å²) in [6.07, 6.45) is 17.1. The van der Waals surface area contributed by atoms with Gasteiger partial charge in [0.05, 0.1) is 20.2 Å². The highest BCUT2D eigenvalue weighted by Crippen LogP contribution is 2.39. The first-order valence-electron chi connectivity index (χ1n) is 22.9. The van der Waals surface area contributed by atoms with Gasteiger partial charge in [-0.05, 0) is 157 Å². The van der Waals surface area contributed by atoms with Crippen molar-refractivity contribution in [2.24, 2.45) is 17.3 Å². The highest BCUT2D eigenvalue weighted by atomic mass is 35.5. The molecule has 0 heterocycles. The van der Waals surface area contributed by atoms with E-state index >= 15 is 0 Å². The molecule has 13 heteroatoms. The van der Waals surface area contributed by atoms with Crippen LogP contribution in [0.3, 0.4) is 0 Å². The molecule has 0 radical (unpaired) electrons. The molecule has 4 aliphatic rings. The van der Waals surface area contributed by atoms with Crippen LogP contribution in [0.2, 0.25) is 5.02 Å². The van der Waals surface area contributed by atoms with Crippen LogP contribution in [0.4, 0.5) is 8.78 Å². The average molecular weight is 891 g/mol. The van der Waals surface area contributed by atoms with E-state index in [9.17, 15) is 28.0 Å². The third-order valence-electron chi connectivity index (χ3n) is 12.6. The molecule has 4 N–H and O–H groups in total. The number of likely N-dealkylation sites (N-methyl/N-ethyl adjacent to an activating group) is 1. The van der Waals surface area contributed by atoms with Crippen LogP contribution in [-0.2, 0) is 14.4 Å². The van der Waals surface area contributed by atoms with Gasteiger partial charge < -0.3 is 30.9 Å². The van der Waals surface area contributed by atoms with Gasteiger partial charge in [-0.2, -0.15) is 0 Å². The summed E-state index contributed by atoms with van der Waals surface area (Å²) in [7, 11) is 3.46. The number of halogens is 3. The SMILES string of the molecule is CC.CC(=O)CNC1CCC(CNC(=O)c2cc(F)cc(Cl)c2)CC1.CC1(C)CCC1.CN(C(=O)CNC1CCC(CNC=O)CC1)C1(C)CCC1.COc1cc(C)cc(F)c1. The van der Waals surface area contributed by atoms with Gasteiger partial charge >= 0.3 is 0 Å². The minimum absolute atomic E-state index is 0.0942. The Labute approximate surface area is 376 Å². The van der Waals surface area contributed by atoms with E-state index < -0.39 is 5.82 Å². The van der Waals surface area contributed by atoms with Crippen molar-refractivity contribution >= 4 is 35.6 Å². The first kappa shape index (κ1) is 54.5. The van der Waals surface area contributed by atoms with E-state index in [1.807, 2.05) is 32.7 Å². The summed E-state index contributed by atoms with van der Waals surface area (Å²) < 4.78 is 30.6. The number of carbonyl (C=O) groups is 4. The van der Waals surface area contributed by atoms with Crippen molar-refractivity contribution in [2.75, 3.05) is 40.3 Å². The average Bonchev–Trinajstić information content (AvgIpc) is 3.23. The van der Waals surface area contributed by atoms with Crippen molar-refractivity contribution in [3.05, 3.63) is 64.2 Å². The van der Waals surface area contributed by atoms with Gasteiger partial charge in [0.2, 0.25) is 12.3 Å². The van der Waals surface area contributed by atoms with E-state index in [0.29, 0.717) is 49.3 Å².